The van der Waals surface area contributed by atoms with Gasteiger partial charge in [0.05, 0.1) is 13.7 Å². The zero-order valence-corrected chi connectivity index (χ0v) is 11.2. The Morgan fingerprint density at radius 2 is 2.00 bits per heavy atom. The SMILES string of the molecule is COc1ccc(OCCN2CC(N)CCC2=O)cc1. The minimum absolute atomic E-state index is 0.0960. The van der Waals surface area contributed by atoms with Crippen molar-refractivity contribution in [1.82, 2.24) is 4.90 Å². The molecule has 1 fully saturated rings. The molecule has 2 N–H and O–H groups in total. The molecule has 104 valence electrons. The average Bonchev–Trinajstić information content (AvgIpc) is 2.43. The van der Waals surface area contributed by atoms with Crippen LogP contribution >= 0.6 is 0 Å². The lowest BCUT2D eigenvalue weighted by Crippen LogP contribution is -2.47. The number of benzene rings is 1. The molecule has 1 aromatic carbocycles. The van der Waals surface area contributed by atoms with Gasteiger partial charge in [-0.05, 0) is 30.7 Å². The lowest BCUT2D eigenvalue weighted by molar-refractivity contribution is -0.134. The maximum Gasteiger partial charge on any atom is 0.222 e. The van der Waals surface area contributed by atoms with E-state index in [0.717, 1.165) is 17.9 Å². The van der Waals surface area contributed by atoms with E-state index in [2.05, 4.69) is 0 Å². The molecule has 1 aliphatic rings. The lowest BCUT2D eigenvalue weighted by Gasteiger charge is -2.30. The van der Waals surface area contributed by atoms with E-state index in [1.165, 1.54) is 0 Å². The standard InChI is InChI=1S/C14H20N2O3/c1-18-12-3-5-13(6-4-12)19-9-8-16-10-11(15)2-7-14(16)17/h3-6,11H,2,7-10,15H2,1H3. The highest BCUT2D eigenvalue weighted by atomic mass is 16.5. The van der Waals surface area contributed by atoms with Crippen LogP contribution in [0.15, 0.2) is 24.3 Å². The van der Waals surface area contributed by atoms with Crippen LogP contribution < -0.4 is 15.2 Å². The molecule has 0 bridgehead atoms. The van der Waals surface area contributed by atoms with Crippen LogP contribution in [0.5, 0.6) is 11.5 Å². The molecule has 5 nitrogen and oxygen atoms in total. The molecule has 0 radical (unpaired) electrons. The number of carbonyl (C=O) groups excluding carboxylic acids is 1. The molecular weight excluding hydrogens is 244 g/mol. The predicted octanol–water partition coefficient (Wildman–Crippen LogP) is 1.02. The molecule has 0 aliphatic carbocycles. The minimum Gasteiger partial charge on any atom is -0.497 e. The normalized spacial score (nSPS) is 19.4. The summed E-state index contributed by atoms with van der Waals surface area (Å²) in [6.07, 6.45) is 1.33. The molecular formula is C14H20N2O3. The fourth-order valence-electron chi connectivity index (χ4n) is 2.10. The van der Waals surface area contributed by atoms with Crippen molar-refractivity contribution in [1.29, 1.82) is 0 Å². The number of hydrogen-bond acceptors (Lipinski definition) is 4. The second-order valence-electron chi connectivity index (χ2n) is 4.66. The van der Waals surface area contributed by atoms with E-state index >= 15 is 0 Å². The molecule has 1 amide bonds. The van der Waals surface area contributed by atoms with Gasteiger partial charge in [0.15, 0.2) is 0 Å². The van der Waals surface area contributed by atoms with Crippen molar-refractivity contribution in [3.8, 4) is 11.5 Å². The topological polar surface area (TPSA) is 64.8 Å². The van der Waals surface area contributed by atoms with Gasteiger partial charge in [0, 0.05) is 19.0 Å². The highest BCUT2D eigenvalue weighted by Crippen LogP contribution is 2.17. The van der Waals surface area contributed by atoms with Crippen molar-refractivity contribution < 1.29 is 14.3 Å². The first-order chi connectivity index (χ1) is 9.19. The Bertz CT molecular complexity index is 419. The molecule has 19 heavy (non-hydrogen) atoms. The summed E-state index contributed by atoms with van der Waals surface area (Å²) in [6, 6.07) is 7.48. The Morgan fingerprint density at radius 3 is 2.68 bits per heavy atom. The van der Waals surface area contributed by atoms with Crippen LogP contribution in [0.2, 0.25) is 0 Å². The number of carbonyl (C=O) groups is 1. The smallest absolute Gasteiger partial charge is 0.222 e. The van der Waals surface area contributed by atoms with Crippen LogP contribution in [0.3, 0.4) is 0 Å². The molecule has 1 unspecified atom stereocenters. The summed E-state index contributed by atoms with van der Waals surface area (Å²) in [5.74, 6) is 1.74. The number of rotatable bonds is 5. The summed E-state index contributed by atoms with van der Waals surface area (Å²) in [5.41, 5.74) is 5.85. The fourth-order valence-corrected chi connectivity index (χ4v) is 2.10. The third kappa shape index (κ3) is 3.86. The predicted molar refractivity (Wildman–Crippen MR) is 72.3 cm³/mol. The summed E-state index contributed by atoms with van der Waals surface area (Å²) in [7, 11) is 1.63. The number of hydrogen-bond donors (Lipinski definition) is 1. The monoisotopic (exact) mass is 264 g/mol. The molecule has 1 aromatic rings. The third-order valence-corrected chi connectivity index (χ3v) is 3.23. The number of ether oxygens (including phenoxy) is 2. The first-order valence-electron chi connectivity index (χ1n) is 6.49. The van der Waals surface area contributed by atoms with Gasteiger partial charge in [-0.2, -0.15) is 0 Å². The number of nitrogens with two attached hydrogens (primary N) is 1. The highest BCUT2D eigenvalue weighted by molar-refractivity contribution is 5.77. The van der Waals surface area contributed by atoms with Gasteiger partial charge in [-0.15, -0.1) is 0 Å². The minimum atomic E-state index is 0.0960. The van der Waals surface area contributed by atoms with E-state index in [1.54, 1.807) is 12.0 Å². The van der Waals surface area contributed by atoms with E-state index in [4.69, 9.17) is 15.2 Å². The number of likely N-dealkylation sites (tertiary alicyclic amines) is 1. The Kier molecular flexibility index (Phi) is 4.63. The summed E-state index contributed by atoms with van der Waals surface area (Å²) >= 11 is 0. The molecule has 0 spiro atoms. The van der Waals surface area contributed by atoms with Crippen LogP contribution in [0.1, 0.15) is 12.8 Å². The lowest BCUT2D eigenvalue weighted by atomic mass is 10.1. The van der Waals surface area contributed by atoms with Gasteiger partial charge >= 0.3 is 0 Å². The number of piperidine rings is 1. The Labute approximate surface area is 113 Å². The maximum atomic E-state index is 11.7. The second-order valence-corrected chi connectivity index (χ2v) is 4.66. The van der Waals surface area contributed by atoms with E-state index in [-0.39, 0.29) is 11.9 Å². The Balaban J connectivity index is 1.77. The molecule has 1 aliphatic heterocycles. The molecule has 0 saturated carbocycles. The van der Waals surface area contributed by atoms with Crippen molar-refractivity contribution in [3.63, 3.8) is 0 Å². The van der Waals surface area contributed by atoms with Crippen LogP contribution in [0, 0.1) is 0 Å². The van der Waals surface area contributed by atoms with E-state index in [1.807, 2.05) is 24.3 Å². The van der Waals surface area contributed by atoms with Crippen molar-refractivity contribution in [2.24, 2.45) is 5.73 Å². The van der Waals surface area contributed by atoms with Crippen LogP contribution in [-0.4, -0.2) is 43.7 Å². The van der Waals surface area contributed by atoms with Gasteiger partial charge in [0.25, 0.3) is 0 Å². The van der Waals surface area contributed by atoms with Gasteiger partial charge in [0.1, 0.15) is 18.1 Å². The summed E-state index contributed by atoms with van der Waals surface area (Å²) in [4.78, 5) is 13.4. The van der Waals surface area contributed by atoms with Gasteiger partial charge in [-0.25, -0.2) is 0 Å². The Hall–Kier alpha value is -1.75. The molecule has 0 aromatic heterocycles. The van der Waals surface area contributed by atoms with E-state index < -0.39 is 0 Å². The van der Waals surface area contributed by atoms with Crippen molar-refractivity contribution >= 4 is 5.91 Å². The molecule has 1 heterocycles. The zero-order valence-electron chi connectivity index (χ0n) is 11.2. The van der Waals surface area contributed by atoms with Gasteiger partial charge in [-0.1, -0.05) is 0 Å². The molecule has 2 rings (SSSR count). The van der Waals surface area contributed by atoms with Crippen molar-refractivity contribution in [2.75, 3.05) is 26.8 Å². The van der Waals surface area contributed by atoms with Crippen LogP contribution in [0.4, 0.5) is 0 Å². The maximum absolute atomic E-state index is 11.7. The molecule has 1 atom stereocenters. The van der Waals surface area contributed by atoms with Crippen LogP contribution in [-0.2, 0) is 4.79 Å². The summed E-state index contributed by atoms with van der Waals surface area (Å²) in [6.45, 7) is 1.69. The fraction of sp³-hybridized carbons (Fsp3) is 0.500. The van der Waals surface area contributed by atoms with Crippen LogP contribution in [0.25, 0.3) is 0 Å². The first-order valence-corrected chi connectivity index (χ1v) is 6.49. The Morgan fingerprint density at radius 1 is 1.32 bits per heavy atom. The molecule has 1 saturated heterocycles. The van der Waals surface area contributed by atoms with E-state index in [9.17, 15) is 4.79 Å². The summed E-state index contributed by atoms with van der Waals surface area (Å²) < 4.78 is 10.7. The van der Waals surface area contributed by atoms with Gasteiger partial charge in [-0.3, -0.25) is 4.79 Å². The van der Waals surface area contributed by atoms with E-state index in [0.29, 0.717) is 26.1 Å². The number of nitrogens with zero attached hydrogens (tertiary/aromatic N) is 1. The third-order valence-electron chi connectivity index (χ3n) is 3.23. The van der Waals surface area contributed by atoms with Crippen molar-refractivity contribution in [2.45, 2.75) is 18.9 Å². The van der Waals surface area contributed by atoms with Crippen molar-refractivity contribution in [3.05, 3.63) is 24.3 Å². The largest absolute Gasteiger partial charge is 0.497 e. The quantitative estimate of drug-likeness (QED) is 0.862. The summed E-state index contributed by atoms with van der Waals surface area (Å²) in [5, 5.41) is 0. The number of amides is 1. The second kappa shape index (κ2) is 6.43. The van der Waals surface area contributed by atoms with Gasteiger partial charge in [0.2, 0.25) is 5.91 Å². The number of methoxy groups -OCH3 is 1. The first kappa shape index (κ1) is 13.7. The average molecular weight is 264 g/mol. The van der Waals surface area contributed by atoms with Gasteiger partial charge < -0.3 is 20.1 Å². The highest BCUT2D eigenvalue weighted by Gasteiger charge is 2.22. The zero-order chi connectivity index (χ0) is 13.7. The molecule has 5 heteroatoms.